The molecule has 0 saturated carbocycles. The van der Waals surface area contributed by atoms with Gasteiger partial charge in [-0.3, -0.25) is 9.59 Å². The average molecular weight is 967 g/mol. The monoisotopic (exact) mass is 967 g/mol. The zero-order valence-corrected chi connectivity index (χ0v) is 44.9. The Hall–Kier alpha value is -3.53. The van der Waals surface area contributed by atoms with Crippen molar-refractivity contribution < 1.29 is 42.9 Å². The molecule has 0 aliphatic rings. The molecular formula is C60H104NO8+. The SMILES string of the molecule is CC/C=C\C/C=C\C/C=C\C/C=C\C/C=C\CC(=O)OC(COC(=O)CCCCCCCCCCCCCCCCCCC/C=C\C/C=C\CCCCCCC)COC(OCC[N+](C)(C)C)C(=O)O. The van der Waals surface area contributed by atoms with Crippen LogP contribution in [0, 0.1) is 0 Å². The van der Waals surface area contributed by atoms with E-state index >= 15 is 0 Å². The van der Waals surface area contributed by atoms with Gasteiger partial charge in [-0.05, 0) is 70.6 Å². The number of carbonyl (C=O) groups is 3. The molecule has 2 unspecified atom stereocenters. The Balaban J connectivity index is 4.23. The van der Waals surface area contributed by atoms with Crippen LogP contribution in [0.15, 0.2) is 85.1 Å². The van der Waals surface area contributed by atoms with E-state index in [9.17, 15) is 19.5 Å². The molecule has 9 nitrogen and oxygen atoms in total. The second kappa shape index (κ2) is 50.8. The van der Waals surface area contributed by atoms with Crippen LogP contribution in [0.1, 0.15) is 219 Å². The number of ether oxygens (including phenoxy) is 4. The van der Waals surface area contributed by atoms with E-state index in [1.807, 2.05) is 33.3 Å². The summed E-state index contributed by atoms with van der Waals surface area (Å²) >= 11 is 0. The van der Waals surface area contributed by atoms with Crippen molar-refractivity contribution in [1.29, 1.82) is 0 Å². The van der Waals surface area contributed by atoms with E-state index in [-0.39, 0.29) is 38.6 Å². The molecule has 0 aliphatic heterocycles. The van der Waals surface area contributed by atoms with Crippen LogP contribution >= 0.6 is 0 Å². The van der Waals surface area contributed by atoms with E-state index in [2.05, 4.69) is 80.7 Å². The van der Waals surface area contributed by atoms with Crippen LogP contribution in [0.25, 0.3) is 0 Å². The fourth-order valence-electron chi connectivity index (χ4n) is 7.41. The number of carbonyl (C=O) groups excluding carboxylic acids is 2. The van der Waals surface area contributed by atoms with Crippen molar-refractivity contribution in [3.8, 4) is 0 Å². The summed E-state index contributed by atoms with van der Waals surface area (Å²) in [4.78, 5) is 37.2. The molecular weight excluding hydrogens is 863 g/mol. The molecule has 0 heterocycles. The van der Waals surface area contributed by atoms with E-state index in [1.54, 1.807) is 6.08 Å². The number of quaternary nitrogens is 1. The molecule has 0 amide bonds. The van der Waals surface area contributed by atoms with Gasteiger partial charge in [-0.2, -0.15) is 0 Å². The van der Waals surface area contributed by atoms with Crippen LogP contribution in [-0.4, -0.2) is 87.4 Å². The van der Waals surface area contributed by atoms with Crippen LogP contribution in [0.2, 0.25) is 0 Å². The van der Waals surface area contributed by atoms with E-state index in [1.165, 1.54) is 135 Å². The zero-order chi connectivity index (χ0) is 50.6. The summed E-state index contributed by atoms with van der Waals surface area (Å²) in [5.41, 5.74) is 0. The van der Waals surface area contributed by atoms with Crippen LogP contribution < -0.4 is 0 Å². The average Bonchev–Trinajstić information content (AvgIpc) is 3.31. The first-order chi connectivity index (χ1) is 33.6. The summed E-state index contributed by atoms with van der Waals surface area (Å²) in [5.74, 6) is -2.17. The van der Waals surface area contributed by atoms with Gasteiger partial charge in [-0.15, -0.1) is 0 Å². The minimum absolute atomic E-state index is 0.0254. The third-order valence-corrected chi connectivity index (χ3v) is 11.7. The maximum Gasteiger partial charge on any atom is 0.361 e. The van der Waals surface area contributed by atoms with Crippen LogP contribution in [-0.2, 0) is 33.3 Å². The predicted molar refractivity (Wildman–Crippen MR) is 290 cm³/mol. The van der Waals surface area contributed by atoms with Gasteiger partial charge in [-0.1, -0.05) is 221 Å². The molecule has 0 fully saturated rings. The zero-order valence-electron chi connectivity index (χ0n) is 44.9. The molecule has 69 heavy (non-hydrogen) atoms. The molecule has 1 N–H and O–H groups in total. The Morgan fingerprint density at radius 1 is 0.464 bits per heavy atom. The van der Waals surface area contributed by atoms with Crippen molar-refractivity contribution in [1.82, 2.24) is 0 Å². The lowest BCUT2D eigenvalue weighted by Crippen LogP contribution is -2.40. The number of carboxylic acids is 1. The lowest BCUT2D eigenvalue weighted by Gasteiger charge is -2.25. The number of hydrogen-bond acceptors (Lipinski definition) is 7. The topological polar surface area (TPSA) is 108 Å². The highest BCUT2D eigenvalue weighted by Gasteiger charge is 2.25. The van der Waals surface area contributed by atoms with Gasteiger partial charge in [0.05, 0.1) is 40.8 Å². The van der Waals surface area contributed by atoms with Crippen LogP contribution in [0.5, 0.6) is 0 Å². The fourth-order valence-corrected chi connectivity index (χ4v) is 7.41. The van der Waals surface area contributed by atoms with Crippen molar-refractivity contribution in [2.75, 3.05) is 47.5 Å². The molecule has 9 heteroatoms. The highest BCUT2D eigenvalue weighted by atomic mass is 16.7. The largest absolute Gasteiger partial charge is 0.477 e. The first kappa shape index (κ1) is 65.5. The quantitative estimate of drug-likeness (QED) is 0.0211. The van der Waals surface area contributed by atoms with Gasteiger partial charge in [0.1, 0.15) is 13.2 Å². The fraction of sp³-hybridized carbons (Fsp3) is 0.717. The molecule has 0 aromatic carbocycles. The number of carboxylic acid groups (broad SMARTS) is 1. The molecule has 0 spiro atoms. The highest BCUT2D eigenvalue weighted by molar-refractivity contribution is 5.72. The number of hydrogen-bond donors (Lipinski definition) is 1. The van der Waals surface area contributed by atoms with Crippen molar-refractivity contribution in [3.05, 3.63) is 85.1 Å². The molecule has 0 radical (unpaired) electrons. The summed E-state index contributed by atoms with van der Waals surface area (Å²) < 4.78 is 22.7. The summed E-state index contributed by atoms with van der Waals surface area (Å²) in [5, 5.41) is 9.67. The molecule has 0 aromatic heterocycles. The number of likely N-dealkylation sites (N-methyl/N-ethyl adjacent to an activating group) is 1. The molecule has 2 atom stereocenters. The Kier molecular flexibility index (Phi) is 48.2. The third kappa shape index (κ3) is 52.1. The Labute approximate surface area is 423 Å². The molecule has 0 rings (SSSR count). The summed E-state index contributed by atoms with van der Waals surface area (Å²) in [7, 11) is 5.93. The van der Waals surface area contributed by atoms with E-state index in [0.29, 0.717) is 17.4 Å². The van der Waals surface area contributed by atoms with E-state index < -0.39 is 24.3 Å². The normalized spacial score (nSPS) is 13.5. The highest BCUT2D eigenvalue weighted by Crippen LogP contribution is 2.16. The van der Waals surface area contributed by atoms with Gasteiger partial charge in [0, 0.05) is 6.42 Å². The number of aliphatic carboxylic acids is 1. The Morgan fingerprint density at radius 2 is 0.870 bits per heavy atom. The van der Waals surface area contributed by atoms with Crippen molar-refractivity contribution in [2.45, 2.75) is 232 Å². The van der Waals surface area contributed by atoms with E-state index in [4.69, 9.17) is 18.9 Å². The summed E-state index contributed by atoms with van der Waals surface area (Å²) in [6.07, 6.45) is 64.2. The number of allylic oxidation sites excluding steroid dienone is 13. The minimum Gasteiger partial charge on any atom is -0.477 e. The van der Waals surface area contributed by atoms with Crippen molar-refractivity contribution >= 4 is 17.9 Å². The van der Waals surface area contributed by atoms with Crippen LogP contribution in [0.3, 0.4) is 0 Å². The van der Waals surface area contributed by atoms with Gasteiger partial charge in [0.25, 0.3) is 6.29 Å². The van der Waals surface area contributed by atoms with Crippen molar-refractivity contribution in [3.63, 3.8) is 0 Å². The standard InChI is InChI=1S/C60H103NO8/c1-6-8-10-12-14-16-18-20-22-23-24-25-26-27-28-29-30-31-32-33-34-35-37-38-40-42-44-46-48-50-57(62)67-54-56(55-68-60(59(64)65)66-53-52-61(3,4)5)69-58(63)51-49-47-45-43-41-39-36-21-19-17-15-13-11-9-7-2/h9,11,15,17-18,20-21,23-24,36,41,43,47,49,56,60H,6-8,10,12-14,16,19,22,25-35,37-40,42,44-46,48,50-55H2,1-5H3/p+1/b11-9-,17-15-,20-18-,24-23-,36-21-,43-41-,49-47-. The lowest BCUT2D eigenvalue weighted by molar-refractivity contribution is -0.870. The number of nitrogens with zero attached hydrogens (tertiary/aromatic N) is 1. The van der Waals surface area contributed by atoms with Gasteiger partial charge in [0.2, 0.25) is 0 Å². The predicted octanol–water partition coefficient (Wildman–Crippen LogP) is 16.0. The minimum atomic E-state index is -1.54. The summed E-state index contributed by atoms with van der Waals surface area (Å²) in [6.45, 7) is 4.64. The second-order valence-corrected chi connectivity index (χ2v) is 19.5. The number of rotatable bonds is 50. The van der Waals surface area contributed by atoms with E-state index in [0.717, 1.165) is 51.4 Å². The second-order valence-electron chi connectivity index (χ2n) is 19.5. The van der Waals surface area contributed by atoms with Gasteiger partial charge in [0.15, 0.2) is 6.10 Å². The smallest absolute Gasteiger partial charge is 0.361 e. The molecule has 0 aromatic rings. The van der Waals surface area contributed by atoms with Gasteiger partial charge in [-0.25, -0.2) is 4.79 Å². The van der Waals surface area contributed by atoms with Gasteiger partial charge >= 0.3 is 17.9 Å². The molecule has 396 valence electrons. The first-order valence-corrected chi connectivity index (χ1v) is 27.8. The number of unbranched alkanes of at least 4 members (excludes halogenated alkanes) is 22. The van der Waals surface area contributed by atoms with Crippen LogP contribution in [0.4, 0.5) is 0 Å². The number of esters is 2. The Bertz CT molecular complexity index is 1400. The Morgan fingerprint density at radius 3 is 1.30 bits per heavy atom. The van der Waals surface area contributed by atoms with Crippen molar-refractivity contribution in [2.24, 2.45) is 0 Å². The molecule has 0 aliphatic carbocycles. The lowest BCUT2D eigenvalue weighted by atomic mass is 10.0. The summed E-state index contributed by atoms with van der Waals surface area (Å²) in [6, 6.07) is 0. The maximum absolute atomic E-state index is 12.7. The van der Waals surface area contributed by atoms with Gasteiger partial charge < -0.3 is 28.5 Å². The maximum atomic E-state index is 12.7. The molecule has 0 bridgehead atoms. The first-order valence-electron chi connectivity index (χ1n) is 27.8. The third-order valence-electron chi connectivity index (χ3n) is 11.7. The molecule has 0 saturated heterocycles.